The second kappa shape index (κ2) is 7.42. The normalized spacial score (nSPS) is 17.4. The van der Waals surface area contributed by atoms with Crippen LogP contribution in [0.5, 0.6) is 0 Å². The maximum Gasteiger partial charge on any atom is 0.225 e. The summed E-state index contributed by atoms with van der Waals surface area (Å²) in [4.78, 5) is 9.20. The van der Waals surface area contributed by atoms with Gasteiger partial charge in [0.15, 0.2) is 0 Å². The molecule has 0 radical (unpaired) electrons. The molecule has 1 aromatic carbocycles. The summed E-state index contributed by atoms with van der Waals surface area (Å²) in [6.07, 6.45) is 2.54. The van der Waals surface area contributed by atoms with Crippen LogP contribution < -0.4 is 10.6 Å². The van der Waals surface area contributed by atoms with Crippen molar-refractivity contribution in [1.29, 1.82) is 0 Å². The van der Waals surface area contributed by atoms with Crippen molar-refractivity contribution in [1.82, 2.24) is 9.97 Å². The molecule has 5 nitrogen and oxygen atoms in total. The molecule has 0 unspecified atom stereocenters. The summed E-state index contributed by atoms with van der Waals surface area (Å²) >= 11 is 0. The molecule has 0 aliphatic carbocycles. The molecule has 1 saturated heterocycles. The van der Waals surface area contributed by atoms with Gasteiger partial charge in [0.25, 0.3) is 0 Å². The van der Waals surface area contributed by atoms with Crippen LogP contribution in [0, 0.1) is 0 Å². The number of nitrogens with one attached hydrogen (secondary N) is 2. The summed E-state index contributed by atoms with van der Waals surface area (Å²) in [6, 6.07) is 12.5. The third kappa shape index (κ3) is 4.42. The number of nitrogens with zero attached hydrogens (tertiary/aromatic N) is 2. The van der Waals surface area contributed by atoms with Crippen LogP contribution in [0.3, 0.4) is 0 Å². The lowest BCUT2D eigenvalue weighted by molar-refractivity contribution is 0.120. The average molecular weight is 312 g/mol. The first-order chi connectivity index (χ1) is 11.2. The largest absolute Gasteiger partial charge is 0.376 e. The molecule has 1 aliphatic rings. The highest BCUT2D eigenvalue weighted by Gasteiger charge is 2.15. The number of hydrogen-bond acceptors (Lipinski definition) is 5. The zero-order valence-corrected chi connectivity index (χ0v) is 13.7. The molecule has 23 heavy (non-hydrogen) atoms. The van der Waals surface area contributed by atoms with Crippen LogP contribution in [-0.4, -0.2) is 35.3 Å². The molecule has 0 spiro atoms. The number of hydrogen-bond donors (Lipinski definition) is 2. The molecule has 0 bridgehead atoms. The van der Waals surface area contributed by atoms with E-state index in [0.29, 0.717) is 5.95 Å². The van der Waals surface area contributed by atoms with Gasteiger partial charge in [-0.15, -0.1) is 0 Å². The number of ether oxygens (including phenoxy) is 1. The molecule has 1 aliphatic heterocycles. The number of aromatic nitrogens is 2. The predicted molar refractivity (Wildman–Crippen MR) is 93.7 cm³/mol. The molecule has 5 heteroatoms. The predicted octanol–water partition coefficient (Wildman–Crippen LogP) is 3.55. The van der Waals surface area contributed by atoms with E-state index in [1.165, 1.54) is 0 Å². The van der Waals surface area contributed by atoms with Gasteiger partial charge in [0.2, 0.25) is 5.95 Å². The van der Waals surface area contributed by atoms with E-state index >= 15 is 0 Å². The minimum absolute atomic E-state index is 0.284. The van der Waals surface area contributed by atoms with Crippen molar-refractivity contribution in [3.8, 4) is 11.3 Å². The van der Waals surface area contributed by atoms with Crippen molar-refractivity contribution < 1.29 is 4.74 Å². The fraction of sp³-hybridized carbons (Fsp3) is 0.444. The Kier molecular flexibility index (Phi) is 5.08. The summed E-state index contributed by atoms with van der Waals surface area (Å²) in [7, 11) is 0. The summed E-state index contributed by atoms with van der Waals surface area (Å²) in [5.41, 5.74) is 2.00. The first kappa shape index (κ1) is 15.7. The van der Waals surface area contributed by atoms with Gasteiger partial charge in [0.1, 0.15) is 5.82 Å². The summed E-state index contributed by atoms with van der Waals surface area (Å²) < 4.78 is 5.66. The monoisotopic (exact) mass is 312 g/mol. The Labute approximate surface area is 137 Å². The average Bonchev–Trinajstić information content (AvgIpc) is 3.06. The first-order valence-electron chi connectivity index (χ1n) is 8.27. The quantitative estimate of drug-likeness (QED) is 0.854. The Balaban J connectivity index is 1.81. The van der Waals surface area contributed by atoms with Gasteiger partial charge in [-0.25, -0.2) is 4.98 Å². The Hall–Kier alpha value is -2.14. The van der Waals surface area contributed by atoms with E-state index in [4.69, 9.17) is 4.74 Å². The fourth-order valence-electron chi connectivity index (χ4n) is 2.64. The van der Waals surface area contributed by atoms with Crippen LogP contribution >= 0.6 is 0 Å². The van der Waals surface area contributed by atoms with E-state index in [-0.39, 0.29) is 12.1 Å². The van der Waals surface area contributed by atoms with E-state index in [9.17, 15) is 0 Å². The highest BCUT2D eigenvalue weighted by molar-refractivity contribution is 5.64. The minimum Gasteiger partial charge on any atom is -0.376 e. The van der Waals surface area contributed by atoms with E-state index in [1.807, 2.05) is 24.3 Å². The van der Waals surface area contributed by atoms with Crippen LogP contribution in [0.2, 0.25) is 0 Å². The molecular formula is C18H24N4O. The van der Waals surface area contributed by atoms with Gasteiger partial charge in [-0.1, -0.05) is 30.3 Å². The highest BCUT2D eigenvalue weighted by Crippen LogP contribution is 2.22. The summed E-state index contributed by atoms with van der Waals surface area (Å²) in [5.74, 6) is 1.48. The Morgan fingerprint density at radius 2 is 2.04 bits per heavy atom. The maximum absolute atomic E-state index is 5.66. The van der Waals surface area contributed by atoms with Gasteiger partial charge < -0.3 is 15.4 Å². The zero-order valence-electron chi connectivity index (χ0n) is 13.7. The molecular weight excluding hydrogens is 288 g/mol. The van der Waals surface area contributed by atoms with Crippen LogP contribution in [0.4, 0.5) is 11.8 Å². The standard InChI is InChI=1S/C18H24N4O/c1-13(2)20-18-21-16(14-7-4-3-5-8-14)11-17(22-18)19-12-15-9-6-10-23-15/h3-5,7-8,11,13,15H,6,9-10,12H2,1-2H3,(H2,19,20,21,22)/t15-/m0/s1. The van der Waals surface area contributed by atoms with Crippen LogP contribution in [-0.2, 0) is 4.74 Å². The van der Waals surface area contributed by atoms with Crippen molar-refractivity contribution >= 4 is 11.8 Å². The molecule has 2 heterocycles. The van der Waals surface area contributed by atoms with Crippen molar-refractivity contribution in [2.24, 2.45) is 0 Å². The van der Waals surface area contributed by atoms with Gasteiger partial charge in [0.05, 0.1) is 11.8 Å². The molecule has 3 rings (SSSR count). The lowest BCUT2D eigenvalue weighted by Crippen LogP contribution is -2.20. The fourth-order valence-corrected chi connectivity index (χ4v) is 2.64. The van der Waals surface area contributed by atoms with Crippen LogP contribution in [0.1, 0.15) is 26.7 Å². The molecule has 0 amide bonds. The molecule has 1 fully saturated rings. The van der Waals surface area contributed by atoms with Gasteiger partial charge in [0, 0.05) is 30.8 Å². The Morgan fingerprint density at radius 3 is 2.74 bits per heavy atom. The van der Waals surface area contributed by atoms with E-state index in [0.717, 1.165) is 43.1 Å². The van der Waals surface area contributed by atoms with Gasteiger partial charge in [-0.2, -0.15) is 4.98 Å². The lowest BCUT2D eigenvalue weighted by atomic mass is 10.1. The SMILES string of the molecule is CC(C)Nc1nc(NC[C@@H]2CCCO2)cc(-c2ccccc2)n1. The van der Waals surface area contributed by atoms with Crippen molar-refractivity contribution in [2.45, 2.75) is 38.8 Å². The van der Waals surface area contributed by atoms with Crippen molar-refractivity contribution in [3.63, 3.8) is 0 Å². The first-order valence-corrected chi connectivity index (χ1v) is 8.27. The molecule has 122 valence electrons. The van der Waals surface area contributed by atoms with E-state index in [2.05, 4.69) is 46.6 Å². The van der Waals surface area contributed by atoms with E-state index < -0.39 is 0 Å². The second-order valence-electron chi connectivity index (χ2n) is 6.14. The molecule has 0 saturated carbocycles. The maximum atomic E-state index is 5.66. The Bertz CT molecular complexity index is 624. The number of benzene rings is 1. The summed E-state index contributed by atoms with van der Waals surface area (Å²) in [6.45, 7) is 5.81. The molecule has 2 aromatic rings. The third-order valence-electron chi connectivity index (χ3n) is 3.75. The topological polar surface area (TPSA) is 59.1 Å². The lowest BCUT2D eigenvalue weighted by Gasteiger charge is -2.15. The van der Waals surface area contributed by atoms with Crippen molar-refractivity contribution in [2.75, 3.05) is 23.8 Å². The molecule has 2 N–H and O–H groups in total. The molecule has 1 aromatic heterocycles. The third-order valence-corrected chi connectivity index (χ3v) is 3.75. The highest BCUT2D eigenvalue weighted by atomic mass is 16.5. The number of rotatable bonds is 6. The van der Waals surface area contributed by atoms with Crippen LogP contribution in [0.25, 0.3) is 11.3 Å². The van der Waals surface area contributed by atoms with Crippen LogP contribution in [0.15, 0.2) is 36.4 Å². The smallest absolute Gasteiger partial charge is 0.225 e. The van der Waals surface area contributed by atoms with E-state index in [1.54, 1.807) is 0 Å². The zero-order chi connectivity index (χ0) is 16.1. The van der Waals surface area contributed by atoms with Gasteiger partial charge in [-0.05, 0) is 26.7 Å². The number of anilines is 2. The minimum atomic E-state index is 0.284. The summed E-state index contributed by atoms with van der Waals surface area (Å²) in [5, 5.41) is 6.68. The molecule has 1 atom stereocenters. The van der Waals surface area contributed by atoms with Gasteiger partial charge >= 0.3 is 0 Å². The Morgan fingerprint density at radius 1 is 1.22 bits per heavy atom. The second-order valence-corrected chi connectivity index (χ2v) is 6.14. The van der Waals surface area contributed by atoms with Crippen molar-refractivity contribution in [3.05, 3.63) is 36.4 Å². The van der Waals surface area contributed by atoms with Gasteiger partial charge in [-0.3, -0.25) is 0 Å².